The maximum atomic E-state index is 11.6. The third-order valence-corrected chi connectivity index (χ3v) is 3.69. The topological polar surface area (TPSA) is 69.0 Å². The van der Waals surface area contributed by atoms with Gasteiger partial charge in [0.2, 0.25) is 0 Å². The van der Waals surface area contributed by atoms with E-state index in [2.05, 4.69) is 15.6 Å². The van der Waals surface area contributed by atoms with E-state index < -0.39 is 6.09 Å². The Bertz CT molecular complexity index is 843. The molecule has 0 atom stereocenters. The molecule has 0 aliphatic carbocycles. The average Bonchev–Trinajstić information content (AvgIpc) is 3.05. The molecule has 122 valence electrons. The fourth-order valence-corrected chi connectivity index (χ4v) is 2.47. The van der Waals surface area contributed by atoms with Crippen molar-refractivity contribution in [1.82, 2.24) is 15.0 Å². The van der Waals surface area contributed by atoms with Crippen LogP contribution in [-0.4, -0.2) is 28.2 Å². The molecule has 1 aromatic heterocycles. The van der Waals surface area contributed by atoms with Crippen molar-refractivity contribution >= 4 is 11.8 Å². The average molecular weight is 322 g/mol. The number of methoxy groups -OCH3 is 1. The summed E-state index contributed by atoms with van der Waals surface area (Å²) in [5, 5.41) is 11.2. The lowest BCUT2D eigenvalue weighted by Gasteiger charge is -2.11. The lowest BCUT2D eigenvalue weighted by atomic mass is 10.1. The van der Waals surface area contributed by atoms with E-state index >= 15 is 0 Å². The van der Waals surface area contributed by atoms with Gasteiger partial charge < -0.3 is 4.74 Å². The smallest absolute Gasteiger partial charge is 0.411 e. The quantitative estimate of drug-likeness (QED) is 0.798. The maximum absolute atomic E-state index is 11.6. The number of nitrogens with one attached hydrogen (secondary N) is 1. The minimum absolute atomic E-state index is 0.512. The molecule has 0 saturated heterocycles. The molecule has 1 amide bonds. The molecule has 0 spiro atoms. The van der Waals surface area contributed by atoms with Crippen molar-refractivity contribution in [1.29, 1.82) is 0 Å². The molecule has 3 rings (SSSR count). The molecular weight excluding hydrogens is 304 g/mol. The van der Waals surface area contributed by atoms with Gasteiger partial charge in [-0.25, -0.2) is 9.48 Å². The molecule has 3 aromatic rings. The van der Waals surface area contributed by atoms with Crippen LogP contribution >= 0.6 is 0 Å². The monoisotopic (exact) mass is 322 g/mol. The molecule has 6 nitrogen and oxygen atoms in total. The molecule has 24 heavy (non-hydrogen) atoms. The van der Waals surface area contributed by atoms with Gasteiger partial charge in [-0.1, -0.05) is 53.7 Å². The molecular formula is C18H18N4O2. The van der Waals surface area contributed by atoms with Gasteiger partial charge in [0.25, 0.3) is 0 Å². The predicted molar refractivity (Wildman–Crippen MR) is 91.8 cm³/mol. The fourth-order valence-electron chi connectivity index (χ4n) is 2.47. The molecule has 6 heteroatoms. The van der Waals surface area contributed by atoms with Gasteiger partial charge >= 0.3 is 6.09 Å². The maximum Gasteiger partial charge on any atom is 0.411 e. The lowest BCUT2D eigenvalue weighted by Crippen LogP contribution is -2.12. The van der Waals surface area contributed by atoms with Crippen LogP contribution in [0, 0.1) is 6.92 Å². The van der Waals surface area contributed by atoms with E-state index in [4.69, 9.17) is 4.74 Å². The van der Waals surface area contributed by atoms with E-state index in [1.54, 1.807) is 4.68 Å². The third kappa shape index (κ3) is 3.43. The summed E-state index contributed by atoms with van der Waals surface area (Å²) in [6.07, 6.45) is 1.35. The van der Waals surface area contributed by atoms with Crippen LogP contribution in [0.3, 0.4) is 0 Å². The number of amides is 1. The zero-order valence-electron chi connectivity index (χ0n) is 13.6. The molecule has 0 saturated carbocycles. The Morgan fingerprint density at radius 1 is 1.17 bits per heavy atom. The van der Waals surface area contributed by atoms with E-state index in [-0.39, 0.29) is 0 Å². The Kier molecular flexibility index (Phi) is 4.56. The fraction of sp³-hybridized carbons (Fsp3) is 0.167. The molecule has 0 unspecified atom stereocenters. The number of aryl methyl sites for hydroxylation is 1. The first-order chi connectivity index (χ1) is 11.7. The first-order valence-corrected chi connectivity index (χ1v) is 7.56. The van der Waals surface area contributed by atoms with Gasteiger partial charge in [-0.05, 0) is 18.1 Å². The van der Waals surface area contributed by atoms with Gasteiger partial charge in [-0.15, -0.1) is 5.10 Å². The molecule has 0 bridgehead atoms. The Labute approximate surface area is 140 Å². The molecule has 2 aromatic carbocycles. The summed E-state index contributed by atoms with van der Waals surface area (Å²) in [5.41, 5.74) is 4.25. The van der Waals surface area contributed by atoms with Crippen molar-refractivity contribution in [3.63, 3.8) is 0 Å². The Hall–Kier alpha value is -3.15. The van der Waals surface area contributed by atoms with Gasteiger partial charge in [-0.2, -0.15) is 0 Å². The van der Waals surface area contributed by atoms with Crippen LogP contribution in [0.2, 0.25) is 0 Å². The molecule has 0 aliphatic rings. The first-order valence-electron chi connectivity index (χ1n) is 7.56. The van der Waals surface area contributed by atoms with Crippen LogP contribution < -0.4 is 5.32 Å². The number of aromatic nitrogens is 3. The van der Waals surface area contributed by atoms with Gasteiger partial charge in [0.15, 0.2) is 0 Å². The molecule has 0 radical (unpaired) electrons. The van der Waals surface area contributed by atoms with E-state index in [0.717, 1.165) is 16.7 Å². The van der Waals surface area contributed by atoms with Crippen LogP contribution in [0.5, 0.6) is 0 Å². The van der Waals surface area contributed by atoms with Crippen LogP contribution in [0.4, 0.5) is 10.5 Å². The van der Waals surface area contributed by atoms with Gasteiger partial charge in [0.1, 0.15) is 5.69 Å². The van der Waals surface area contributed by atoms with Gasteiger partial charge in [-0.3, -0.25) is 5.32 Å². The van der Waals surface area contributed by atoms with E-state index in [9.17, 15) is 4.79 Å². The van der Waals surface area contributed by atoms with Gasteiger partial charge in [0, 0.05) is 5.56 Å². The van der Waals surface area contributed by atoms with Crippen LogP contribution in [-0.2, 0) is 11.3 Å². The second-order valence-corrected chi connectivity index (χ2v) is 5.40. The van der Waals surface area contributed by atoms with Crippen LogP contribution in [0.1, 0.15) is 11.1 Å². The number of carbonyl (C=O) groups is 1. The number of anilines is 1. The SMILES string of the molecule is COC(=O)Nc1c(C)cccc1-c1cn(Cc2ccccc2)nn1. The highest BCUT2D eigenvalue weighted by molar-refractivity contribution is 5.92. The standard InChI is InChI=1S/C18H18N4O2/c1-13-7-6-10-15(17(13)19-18(23)24-2)16-12-22(21-20-16)11-14-8-4-3-5-9-14/h3-10,12H,11H2,1-2H3,(H,19,23). The lowest BCUT2D eigenvalue weighted by molar-refractivity contribution is 0.187. The molecule has 1 N–H and O–H groups in total. The second kappa shape index (κ2) is 6.95. The zero-order valence-corrected chi connectivity index (χ0v) is 13.6. The van der Waals surface area contributed by atoms with E-state index in [0.29, 0.717) is 17.9 Å². The number of hydrogen-bond acceptors (Lipinski definition) is 4. The zero-order chi connectivity index (χ0) is 16.9. The Morgan fingerprint density at radius 3 is 2.71 bits per heavy atom. The summed E-state index contributed by atoms with van der Waals surface area (Å²) in [4.78, 5) is 11.6. The van der Waals surface area contributed by atoms with Crippen LogP contribution in [0.25, 0.3) is 11.3 Å². The molecule has 1 heterocycles. The number of rotatable bonds is 4. The van der Waals surface area contributed by atoms with E-state index in [1.807, 2.05) is 61.7 Å². The summed E-state index contributed by atoms with van der Waals surface area (Å²) < 4.78 is 6.47. The summed E-state index contributed by atoms with van der Waals surface area (Å²) in [6.45, 7) is 2.56. The highest BCUT2D eigenvalue weighted by Crippen LogP contribution is 2.29. The summed E-state index contributed by atoms with van der Waals surface area (Å²) in [7, 11) is 1.34. The summed E-state index contributed by atoms with van der Waals surface area (Å²) >= 11 is 0. The number of ether oxygens (including phenoxy) is 1. The number of nitrogens with zero attached hydrogens (tertiary/aromatic N) is 3. The second-order valence-electron chi connectivity index (χ2n) is 5.40. The normalized spacial score (nSPS) is 10.4. The third-order valence-electron chi connectivity index (χ3n) is 3.69. The summed E-state index contributed by atoms with van der Waals surface area (Å²) in [5.74, 6) is 0. The van der Waals surface area contributed by atoms with Crippen LogP contribution in [0.15, 0.2) is 54.7 Å². The van der Waals surface area contributed by atoms with E-state index in [1.165, 1.54) is 7.11 Å². The van der Waals surface area contributed by atoms with Crippen molar-refractivity contribution in [2.45, 2.75) is 13.5 Å². The predicted octanol–water partition coefficient (Wildman–Crippen LogP) is 3.48. The highest BCUT2D eigenvalue weighted by Gasteiger charge is 2.14. The minimum Gasteiger partial charge on any atom is -0.453 e. The van der Waals surface area contributed by atoms with Crippen molar-refractivity contribution in [2.75, 3.05) is 12.4 Å². The Balaban J connectivity index is 1.90. The molecule has 0 fully saturated rings. The number of hydrogen-bond donors (Lipinski definition) is 1. The van der Waals surface area contributed by atoms with Crippen molar-refractivity contribution in [3.05, 3.63) is 65.9 Å². The Morgan fingerprint density at radius 2 is 1.96 bits per heavy atom. The first kappa shape index (κ1) is 15.7. The summed E-state index contributed by atoms with van der Waals surface area (Å²) in [6, 6.07) is 15.8. The van der Waals surface area contributed by atoms with Crippen molar-refractivity contribution < 1.29 is 9.53 Å². The largest absolute Gasteiger partial charge is 0.453 e. The molecule has 0 aliphatic heterocycles. The minimum atomic E-state index is -0.512. The van der Waals surface area contributed by atoms with Crippen molar-refractivity contribution in [3.8, 4) is 11.3 Å². The van der Waals surface area contributed by atoms with Gasteiger partial charge in [0.05, 0.1) is 25.5 Å². The highest BCUT2D eigenvalue weighted by atomic mass is 16.5. The van der Waals surface area contributed by atoms with Crippen molar-refractivity contribution in [2.24, 2.45) is 0 Å². The number of para-hydroxylation sites is 1. The number of benzene rings is 2. The number of carbonyl (C=O) groups excluding carboxylic acids is 1.